The van der Waals surface area contributed by atoms with Crippen molar-refractivity contribution in [3.05, 3.63) is 29.3 Å². The first-order valence-electron chi connectivity index (χ1n) is 5.64. The van der Waals surface area contributed by atoms with E-state index in [-0.39, 0.29) is 12.3 Å². The second-order valence-electron chi connectivity index (χ2n) is 4.16. The van der Waals surface area contributed by atoms with Gasteiger partial charge in [-0.2, -0.15) is 0 Å². The first kappa shape index (κ1) is 14.5. The second-order valence-corrected chi connectivity index (χ2v) is 6.35. The van der Waals surface area contributed by atoms with Gasteiger partial charge in [-0.1, -0.05) is 12.1 Å². The maximum Gasteiger partial charge on any atom is 0.238 e. The Hall–Kier alpha value is -1.56. The molecular formula is C12H18N2O3S. The second kappa shape index (κ2) is 5.39. The lowest BCUT2D eigenvalue weighted by Crippen LogP contribution is -2.39. The summed E-state index contributed by atoms with van der Waals surface area (Å²) in [5.41, 5.74) is 7.35. The third-order valence-electron chi connectivity index (χ3n) is 2.63. The van der Waals surface area contributed by atoms with Gasteiger partial charge in [-0.25, -0.2) is 8.42 Å². The van der Waals surface area contributed by atoms with Gasteiger partial charge in [0.05, 0.1) is 11.4 Å². The molecule has 0 unspecified atom stereocenters. The van der Waals surface area contributed by atoms with Crippen LogP contribution in [0.25, 0.3) is 0 Å². The number of aryl methyl sites for hydroxylation is 2. The fourth-order valence-corrected chi connectivity index (χ4v) is 2.75. The Kier molecular flexibility index (Phi) is 4.34. The summed E-state index contributed by atoms with van der Waals surface area (Å²) in [6, 6.07) is 5.45. The van der Waals surface area contributed by atoms with Gasteiger partial charge in [0.1, 0.15) is 6.54 Å². The molecule has 0 fully saturated rings. The van der Waals surface area contributed by atoms with Gasteiger partial charge in [-0.05, 0) is 38.0 Å². The SMILES string of the molecule is CCS(=O)(=O)N(CC(N)=O)c1cc(C)ccc1C. The van der Waals surface area contributed by atoms with Crippen molar-refractivity contribution in [3.63, 3.8) is 0 Å². The first-order valence-corrected chi connectivity index (χ1v) is 7.25. The van der Waals surface area contributed by atoms with E-state index in [1.54, 1.807) is 13.0 Å². The molecule has 5 nitrogen and oxygen atoms in total. The molecule has 0 saturated carbocycles. The number of sulfonamides is 1. The smallest absolute Gasteiger partial charge is 0.238 e. The fraction of sp³-hybridized carbons (Fsp3) is 0.417. The van der Waals surface area contributed by atoms with E-state index >= 15 is 0 Å². The Bertz CT molecular complexity index is 552. The normalized spacial score (nSPS) is 11.3. The van der Waals surface area contributed by atoms with Crippen LogP contribution in [0.3, 0.4) is 0 Å². The molecule has 0 saturated heterocycles. The summed E-state index contributed by atoms with van der Waals surface area (Å²) in [4.78, 5) is 11.1. The average molecular weight is 270 g/mol. The number of benzene rings is 1. The van der Waals surface area contributed by atoms with E-state index in [0.717, 1.165) is 15.4 Å². The maximum absolute atomic E-state index is 12.0. The monoisotopic (exact) mass is 270 g/mol. The van der Waals surface area contributed by atoms with Crippen LogP contribution in [0.5, 0.6) is 0 Å². The topological polar surface area (TPSA) is 80.5 Å². The Morgan fingerprint density at radius 3 is 2.44 bits per heavy atom. The summed E-state index contributed by atoms with van der Waals surface area (Å²) in [5.74, 6) is -0.749. The van der Waals surface area contributed by atoms with Crippen molar-refractivity contribution in [1.82, 2.24) is 0 Å². The van der Waals surface area contributed by atoms with Crippen LogP contribution >= 0.6 is 0 Å². The van der Waals surface area contributed by atoms with Crippen LogP contribution in [0, 0.1) is 13.8 Å². The molecule has 0 radical (unpaired) electrons. The van der Waals surface area contributed by atoms with Crippen molar-refractivity contribution in [2.75, 3.05) is 16.6 Å². The van der Waals surface area contributed by atoms with E-state index in [9.17, 15) is 13.2 Å². The minimum absolute atomic E-state index is 0.0757. The van der Waals surface area contributed by atoms with Crippen molar-refractivity contribution in [2.24, 2.45) is 5.73 Å². The fourth-order valence-electron chi connectivity index (χ4n) is 1.62. The number of primary amides is 1. The number of amides is 1. The molecule has 1 rings (SSSR count). The lowest BCUT2D eigenvalue weighted by Gasteiger charge is -2.24. The predicted molar refractivity (Wildman–Crippen MR) is 71.9 cm³/mol. The van der Waals surface area contributed by atoms with Crippen LogP contribution in [0.1, 0.15) is 18.1 Å². The minimum atomic E-state index is -3.52. The van der Waals surface area contributed by atoms with E-state index in [0.29, 0.717) is 5.69 Å². The molecule has 100 valence electrons. The molecule has 0 aliphatic rings. The molecule has 1 amide bonds. The molecule has 0 aromatic heterocycles. The molecule has 1 aromatic rings. The third-order valence-corrected chi connectivity index (χ3v) is 4.36. The number of nitrogens with zero attached hydrogens (tertiary/aromatic N) is 1. The molecule has 0 aliphatic carbocycles. The number of hydrogen-bond acceptors (Lipinski definition) is 3. The summed E-state index contributed by atoms with van der Waals surface area (Å²) in [6.07, 6.45) is 0. The predicted octanol–water partition coefficient (Wildman–Crippen LogP) is 0.945. The number of carbonyl (C=O) groups is 1. The number of carbonyl (C=O) groups excluding carboxylic acids is 1. The molecule has 0 spiro atoms. The average Bonchev–Trinajstić information content (AvgIpc) is 2.29. The van der Waals surface area contributed by atoms with Gasteiger partial charge < -0.3 is 5.73 Å². The number of hydrogen-bond donors (Lipinski definition) is 1. The first-order chi connectivity index (χ1) is 8.27. The van der Waals surface area contributed by atoms with Crippen molar-refractivity contribution in [3.8, 4) is 0 Å². The van der Waals surface area contributed by atoms with E-state index in [1.165, 1.54) is 6.92 Å². The number of anilines is 1. The molecule has 0 heterocycles. The van der Waals surface area contributed by atoms with Crippen molar-refractivity contribution >= 4 is 21.6 Å². The van der Waals surface area contributed by atoms with Crippen LogP contribution < -0.4 is 10.0 Å². The highest BCUT2D eigenvalue weighted by atomic mass is 32.2. The zero-order valence-corrected chi connectivity index (χ0v) is 11.6. The van der Waals surface area contributed by atoms with E-state index in [1.807, 2.05) is 19.1 Å². The Balaban J connectivity index is 3.34. The summed E-state index contributed by atoms with van der Waals surface area (Å²) in [6.45, 7) is 4.87. The quantitative estimate of drug-likeness (QED) is 0.864. The van der Waals surface area contributed by atoms with Gasteiger partial charge in [0, 0.05) is 0 Å². The van der Waals surface area contributed by atoms with Crippen LogP contribution in [-0.4, -0.2) is 26.6 Å². The zero-order chi connectivity index (χ0) is 13.9. The molecule has 18 heavy (non-hydrogen) atoms. The maximum atomic E-state index is 12.0. The molecule has 0 aliphatic heterocycles. The van der Waals surface area contributed by atoms with E-state index < -0.39 is 15.9 Å². The molecule has 0 atom stereocenters. The lowest BCUT2D eigenvalue weighted by atomic mass is 10.1. The van der Waals surface area contributed by atoms with Gasteiger partial charge in [-0.15, -0.1) is 0 Å². The van der Waals surface area contributed by atoms with Gasteiger partial charge in [0.25, 0.3) is 0 Å². The Morgan fingerprint density at radius 1 is 1.33 bits per heavy atom. The Morgan fingerprint density at radius 2 is 1.94 bits per heavy atom. The van der Waals surface area contributed by atoms with Gasteiger partial charge >= 0.3 is 0 Å². The van der Waals surface area contributed by atoms with Gasteiger partial charge in [-0.3, -0.25) is 9.10 Å². The minimum Gasteiger partial charge on any atom is -0.368 e. The van der Waals surface area contributed by atoms with Gasteiger partial charge in [0.2, 0.25) is 15.9 Å². The largest absolute Gasteiger partial charge is 0.368 e. The highest BCUT2D eigenvalue weighted by molar-refractivity contribution is 7.92. The molecule has 2 N–H and O–H groups in total. The zero-order valence-electron chi connectivity index (χ0n) is 10.8. The summed E-state index contributed by atoms with van der Waals surface area (Å²) in [7, 11) is -3.52. The van der Waals surface area contributed by atoms with E-state index in [2.05, 4.69) is 0 Å². The van der Waals surface area contributed by atoms with Crippen LogP contribution in [0.15, 0.2) is 18.2 Å². The third kappa shape index (κ3) is 3.22. The highest BCUT2D eigenvalue weighted by Gasteiger charge is 2.23. The van der Waals surface area contributed by atoms with E-state index in [4.69, 9.17) is 5.73 Å². The van der Waals surface area contributed by atoms with Crippen molar-refractivity contribution in [2.45, 2.75) is 20.8 Å². The highest BCUT2D eigenvalue weighted by Crippen LogP contribution is 2.24. The molecule has 1 aromatic carbocycles. The number of nitrogens with two attached hydrogens (primary N) is 1. The summed E-state index contributed by atoms with van der Waals surface area (Å²) >= 11 is 0. The lowest BCUT2D eigenvalue weighted by molar-refractivity contribution is -0.116. The summed E-state index contributed by atoms with van der Waals surface area (Å²) < 4.78 is 25.1. The van der Waals surface area contributed by atoms with Crippen molar-refractivity contribution < 1.29 is 13.2 Å². The van der Waals surface area contributed by atoms with Gasteiger partial charge in [0.15, 0.2) is 0 Å². The van der Waals surface area contributed by atoms with Crippen LogP contribution in [-0.2, 0) is 14.8 Å². The molecular weight excluding hydrogens is 252 g/mol. The standard InChI is InChI=1S/C12H18N2O3S/c1-4-18(16,17)14(8-12(13)15)11-7-9(2)5-6-10(11)3/h5-7H,4,8H2,1-3H3,(H2,13,15). The number of rotatable bonds is 5. The molecule has 0 bridgehead atoms. The van der Waals surface area contributed by atoms with Crippen molar-refractivity contribution in [1.29, 1.82) is 0 Å². The van der Waals surface area contributed by atoms with Crippen LogP contribution in [0.2, 0.25) is 0 Å². The molecule has 6 heteroatoms. The van der Waals surface area contributed by atoms with Crippen LogP contribution in [0.4, 0.5) is 5.69 Å². The summed E-state index contributed by atoms with van der Waals surface area (Å²) in [5, 5.41) is 0. The Labute approximate surface area is 108 Å².